The summed E-state index contributed by atoms with van der Waals surface area (Å²) in [5.74, 6) is -0.697. The van der Waals surface area contributed by atoms with Gasteiger partial charge >= 0.3 is 11.9 Å². The first-order chi connectivity index (χ1) is 29.6. The number of esters is 2. The number of hydrogen-bond donors (Lipinski definition) is 0. The van der Waals surface area contributed by atoms with E-state index in [1.807, 2.05) is 24.3 Å². The molecule has 0 saturated carbocycles. The summed E-state index contributed by atoms with van der Waals surface area (Å²) in [7, 11) is 0. The standard InChI is InChI=1S/C55H88O5/c1-4-7-10-13-16-19-22-25-28-30-33-36-39-42-45-48-54(56)59-52-53(51-58-50-47-44-41-38-35-32-27-24-21-18-15-12-9-6-3)60-55(57)49-46-43-40-37-34-31-29-26-23-20-17-14-11-8-5-2/h7-8,10-11,16-17,19-20,25-26,28-29,33-34,36-37,42-43,45-46,53H,4-6,9,12-15,18,21-24,27,30-32,35,38-41,44,47-52H2,1-3H3/b10-7-,11-8-,19-16-,20-17-,28-25-,29-26-,36-33-,37-34-,45-42-,46-43-. The Balaban J connectivity index is 4.54. The summed E-state index contributed by atoms with van der Waals surface area (Å²) in [6, 6.07) is 0. The summed E-state index contributed by atoms with van der Waals surface area (Å²) >= 11 is 0. The van der Waals surface area contributed by atoms with E-state index in [0.717, 1.165) is 77.0 Å². The zero-order valence-corrected chi connectivity index (χ0v) is 38.7. The fourth-order valence-electron chi connectivity index (χ4n) is 6.07. The highest BCUT2D eigenvalue weighted by molar-refractivity contribution is 5.72. The van der Waals surface area contributed by atoms with Crippen molar-refractivity contribution < 1.29 is 23.8 Å². The van der Waals surface area contributed by atoms with Crippen molar-refractivity contribution in [3.63, 3.8) is 0 Å². The molecular formula is C55H88O5. The first-order valence-electron chi connectivity index (χ1n) is 24.1. The zero-order valence-electron chi connectivity index (χ0n) is 38.7. The van der Waals surface area contributed by atoms with Crippen LogP contribution >= 0.6 is 0 Å². The average Bonchev–Trinajstić information content (AvgIpc) is 3.25. The van der Waals surface area contributed by atoms with Crippen molar-refractivity contribution in [1.29, 1.82) is 0 Å². The highest BCUT2D eigenvalue weighted by atomic mass is 16.6. The number of rotatable bonds is 42. The molecule has 0 aromatic heterocycles. The number of hydrogen-bond acceptors (Lipinski definition) is 5. The predicted octanol–water partition coefficient (Wildman–Crippen LogP) is 16.2. The number of ether oxygens (including phenoxy) is 3. The van der Waals surface area contributed by atoms with Crippen molar-refractivity contribution in [2.45, 2.75) is 194 Å². The highest BCUT2D eigenvalue weighted by Gasteiger charge is 2.17. The molecule has 60 heavy (non-hydrogen) atoms. The van der Waals surface area contributed by atoms with Crippen molar-refractivity contribution in [1.82, 2.24) is 0 Å². The van der Waals surface area contributed by atoms with Crippen LogP contribution < -0.4 is 0 Å². The molecule has 0 rings (SSSR count). The van der Waals surface area contributed by atoms with Crippen LogP contribution in [0.15, 0.2) is 122 Å². The summed E-state index contributed by atoms with van der Waals surface area (Å²) in [5, 5.41) is 0. The van der Waals surface area contributed by atoms with Gasteiger partial charge in [-0.15, -0.1) is 0 Å². The minimum absolute atomic E-state index is 0.0142. The number of carbonyl (C=O) groups excluding carboxylic acids is 2. The molecule has 1 atom stereocenters. The van der Waals surface area contributed by atoms with Gasteiger partial charge in [-0.3, -0.25) is 9.59 Å². The molecule has 0 aliphatic heterocycles. The van der Waals surface area contributed by atoms with E-state index in [1.165, 1.54) is 77.0 Å². The summed E-state index contributed by atoms with van der Waals surface area (Å²) in [6.07, 6.45) is 69.7. The lowest BCUT2D eigenvalue weighted by atomic mass is 10.0. The molecule has 0 aliphatic rings. The Labute approximate surface area is 369 Å². The molecule has 0 fully saturated rings. The van der Waals surface area contributed by atoms with Crippen LogP contribution in [0.4, 0.5) is 0 Å². The molecule has 0 aliphatic carbocycles. The maximum Gasteiger partial charge on any atom is 0.310 e. The molecule has 0 amide bonds. The van der Waals surface area contributed by atoms with Crippen molar-refractivity contribution in [2.75, 3.05) is 19.8 Å². The summed E-state index contributed by atoms with van der Waals surface area (Å²) in [5.41, 5.74) is 0. The Morgan fingerprint density at radius 1 is 0.367 bits per heavy atom. The third-order valence-electron chi connectivity index (χ3n) is 9.56. The van der Waals surface area contributed by atoms with E-state index in [1.54, 1.807) is 0 Å². The normalized spacial score (nSPS) is 13.3. The average molecular weight is 829 g/mol. The number of unbranched alkanes of at least 4 members (excludes halogenated alkanes) is 13. The van der Waals surface area contributed by atoms with Gasteiger partial charge in [-0.2, -0.15) is 0 Å². The Bertz CT molecular complexity index is 1260. The van der Waals surface area contributed by atoms with E-state index < -0.39 is 6.10 Å². The van der Waals surface area contributed by atoms with Crippen LogP contribution in [0.5, 0.6) is 0 Å². The van der Waals surface area contributed by atoms with E-state index in [0.29, 0.717) is 6.61 Å². The lowest BCUT2D eigenvalue weighted by molar-refractivity contribution is -0.161. The van der Waals surface area contributed by atoms with Gasteiger partial charge in [0.05, 0.1) is 19.4 Å². The third kappa shape index (κ3) is 47.0. The van der Waals surface area contributed by atoms with E-state index in [2.05, 4.69) is 118 Å². The lowest BCUT2D eigenvalue weighted by Crippen LogP contribution is -2.29. The second-order valence-corrected chi connectivity index (χ2v) is 15.3. The SMILES string of the molecule is CC/C=C\C/C=C\C/C=C\C/C=C\C/C=C\CC(=O)OCC(COCCCCCCCCCCCCCCCC)OC(=O)C/C=C\C/C=C\C/C=C\C/C=C\C/C=C\CC. The van der Waals surface area contributed by atoms with Crippen LogP contribution in [-0.2, 0) is 23.8 Å². The Kier molecular flexibility index (Phi) is 46.6. The van der Waals surface area contributed by atoms with Gasteiger partial charge in [-0.1, -0.05) is 226 Å². The first-order valence-corrected chi connectivity index (χ1v) is 24.1. The van der Waals surface area contributed by atoms with Gasteiger partial charge in [0.25, 0.3) is 0 Å². The number of carbonyl (C=O) groups is 2. The second-order valence-electron chi connectivity index (χ2n) is 15.3. The zero-order chi connectivity index (χ0) is 43.5. The quantitative estimate of drug-likeness (QED) is 0.0348. The van der Waals surface area contributed by atoms with Crippen molar-refractivity contribution >= 4 is 11.9 Å². The van der Waals surface area contributed by atoms with Gasteiger partial charge in [0.15, 0.2) is 6.10 Å². The van der Waals surface area contributed by atoms with E-state index >= 15 is 0 Å². The summed E-state index contributed by atoms with van der Waals surface area (Å²) in [6.45, 7) is 7.37. The number of allylic oxidation sites excluding steroid dienone is 18. The van der Waals surface area contributed by atoms with Crippen molar-refractivity contribution in [2.24, 2.45) is 0 Å². The molecule has 0 heterocycles. The Hall–Kier alpha value is -3.70. The summed E-state index contributed by atoms with van der Waals surface area (Å²) in [4.78, 5) is 25.2. The maximum atomic E-state index is 12.7. The fourth-order valence-corrected chi connectivity index (χ4v) is 6.07. The topological polar surface area (TPSA) is 61.8 Å². The minimum Gasteiger partial charge on any atom is -0.461 e. The Morgan fingerprint density at radius 3 is 1.05 bits per heavy atom. The molecule has 0 aromatic rings. The maximum absolute atomic E-state index is 12.7. The minimum atomic E-state index is -0.635. The van der Waals surface area contributed by atoms with Crippen LogP contribution in [0.25, 0.3) is 0 Å². The molecule has 0 saturated heterocycles. The largest absolute Gasteiger partial charge is 0.461 e. The van der Waals surface area contributed by atoms with Gasteiger partial charge in [0.2, 0.25) is 0 Å². The van der Waals surface area contributed by atoms with Gasteiger partial charge in [0.1, 0.15) is 6.61 Å². The molecule has 1 unspecified atom stereocenters. The molecule has 0 N–H and O–H groups in total. The Morgan fingerprint density at radius 2 is 0.683 bits per heavy atom. The van der Waals surface area contributed by atoms with Crippen molar-refractivity contribution in [3.05, 3.63) is 122 Å². The van der Waals surface area contributed by atoms with Crippen LogP contribution in [0.1, 0.15) is 188 Å². The molecular weight excluding hydrogens is 741 g/mol. The van der Waals surface area contributed by atoms with E-state index in [9.17, 15) is 9.59 Å². The molecule has 5 nitrogen and oxygen atoms in total. The molecule has 5 heteroatoms. The lowest BCUT2D eigenvalue weighted by Gasteiger charge is -2.18. The predicted molar refractivity (Wildman–Crippen MR) is 260 cm³/mol. The molecule has 0 radical (unpaired) electrons. The second kappa shape index (κ2) is 49.7. The first kappa shape index (κ1) is 56.3. The van der Waals surface area contributed by atoms with E-state index in [-0.39, 0.29) is 38.0 Å². The molecule has 338 valence electrons. The molecule has 0 spiro atoms. The fraction of sp³-hybridized carbons (Fsp3) is 0.600. The van der Waals surface area contributed by atoms with Gasteiger partial charge in [-0.25, -0.2) is 0 Å². The molecule has 0 aromatic carbocycles. The molecule has 0 bridgehead atoms. The van der Waals surface area contributed by atoms with Crippen LogP contribution in [-0.4, -0.2) is 37.9 Å². The van der Waals surface area contributed by atoms with Gasteiger partial charge in [-0.05, 0) is 70.6 Å². The van der Waals surface area contributed by atoms with E-state index in [4.69, 9.17) is 14.2 Å². The smallest absolute Gasteiger partial charge is 0.310 e. The summed E-state index contributed by atoms with van der Waals surface area (Å²) < 4.78 is 17.1. The van der Waals surface area contributed by atoms with Crippen LogP contribution in [0.2, 0.25) is 0 Å². The van der Waals surface area contributed by atoms with Crippen molar-refractivity contribution in [3.8, 4) is 0 Å². The van der Waals surface area contributed by atoms with Crippen LogP contribution in [0, 0.1) is 0 Å². The third-order valence-corrected chi connectivity index (χ3v) is 9.56. The van der Waals surface area contributed by atoms with Crippen LogP contribution in [0.3, 0.4) is 0 Å². The monoisotopic (exact) mass is 829 g/mol. The van der Waals surface area contributed by atoms with Gasteiger partial charge < -0.3 is 14.2 Å². The van der Waals surface area contributed by atoms with Gasteiger partial charge in [0, 0.05) is 6.61 Å². The highest BCUT2D eigenvalue weighted by Crippen LogP contribution is 2.13.